The highest BCUT2D eigenvalue weighted by Gasteiger charge is 2.26. The first kappa shape index (κ1) is 15.5. The summed E-state index contributed by atoms with van der Waals surface area (Å²) < 4.78 is 15.2. The van der Waals surface area contributed by atoms with Gasteiger partial charge in [0, 0.05) is 13.8 Å². The molecule has 0 saturated heterocycles. The maximum atomic E-state index is 11.4. The maximum absolute atomic E-state index is 11.4. The summed E-state index contributed by atoms with van der Waals surface area (Å²) in [4.78, 5) is 26.0. The van der Waals surface area contributed by atoms with Gasteiger partial charge in [-0.1, -0.05) is 0 Å². The lowest BCUT2D eigenvalue weighted by Gasteiger charge is -2.10. The van der Waals surface area contributed by atoms with Gasteiger partial charge in [-0.05, 0) is 18.2 Å². The average Bonchev–Trinajstić information content (AvgIpc) is 2.84. The third-order valence-corrected chi connectivity index (χ3v) is 2.82. The van der Waals surface area contributed by atoms with Crippen LogP contribution in [0, 0.1) is 10.1 Å². The van der Waals surface area contributed by atoms with Crippen LogP contribution in [0.15, 0.2) is 22.8 Å². The highest BCUT2D eigenvalue weighted by molar-refractivity contribution is 5.80. The molecule has 0 aromatic heterocycles. The van der Waals surface area contributed by atoms with Gasteiger partial charge in [-0.15, -0.1) is 0 Å². The van der Waals surface area contributed by atoms with Gasteiger partial charge < -0.3 is 14.2 Å². The van der Waals surface area contributed by atoms with Crippen LogP contribution in [0.25, 0.3) is 6.08 Å². The zero-order valence-corrected chi connectivity index (χ0v) is 12.3. The van der Waals surface area contributed by atoms with Crippen LogP contribution in [0.3, 0.4) is 0 Å². The van der Waals surface area contributed by atoms with Crippen molar-refractivity contribution in [1.82, 2.24) is 0 Å². The Morgan fingerprint density at radius 3 is 2.73 bits per heavy atom. The van der Waals surface area contributed by atoms with Gasteiger partial charge in [0.2, 0.25) is 5.75 Å². The second kappa shape index (κ2) is 6.25. The summed E-state index contributed by atoms with van der Waals surface area (Å²) >= 11 is 0. The maximum Gasteiger partial charge on any atom is 0.322 e. The van der Waals surface area contributed by atoms with E-state index in [0.29, 0.717) is 11.6 Å². The van der Waals surface area contributed by atoms with Crippen molar-refractivity contribution in [2.24, 2.45) is 4.99 Å². The molecule has 0 saturated carbocycles. The topological polar surface area (TPSA) is 100 Å². The zero-order chi connectivity index (χ0) is 16.3. The van der Waals surface area contributed by atoms with E-state index in [1.54, 1.807) is 6.92 Å². The minimum absolute atomic E-state index is 0.00814. The number of nitrogens with zero attached hydrogens (tertiary/aromatic N) is 2. The fourth-order valence-electron chi connectivity index (χ4n) is 2.00. The number of benzene rings is 1. The molecule has 22 heavy (non-hydrogen) atoms. The van der Waals surface area contributed by atoms with Gasteiger partial charge >= 0.3 is 11.7 Å². The summed E-state index contributed by atoms with van der Waals surface area (Å²) in [5.74, 6) is -0.221. The van der Waals surface area contributed by atoms with E-state index in [1.165, 1.54) is 32.2 Å². The Morgan fingerprint density at radius 1 is 1.50 bits per heavy atom. The summed E-state index contributed by atoms with van der Waals surface area (Å²) in [6.07, 6.45) is 1.54. The zero-order valence-electron chi connectivity index (χ0n) is 12.3. The highest BCUT2D eigenvalue weighted by atomic mass is 16.6. The van der Waals surface area contributed by atoms with E-state index in [2.05, 4.69) is 4.99 Å². The molecule has 0 aliphatic carbocycles. The predicted molar refractivity (Wildman–Crippen MR) is 78.0 cm³/mol. The molecule has 1 aromatic carbocycles. The number of rotatable bonds is 4. The summed E-state index contributed by atoms with van der Waals surface area (Å²) in [6.45, 7) is 3.14. The number of nitro groups is 1. The minimum Gasteiger partial charge on any atom is -0.488 e. The van der Waals surface area contributed by atoms with Gasteiger partial charge in [0.25, 0.3) is 0 Å². The van der Waals surface area contributed by atoms with E-state index in [-0.39, 0.29) is 29.4 Å². The molecule has 2 rings (SSSR count). The highest BCUT2D eigenvalue weighted by Crippen LogP contribution is 2.40. The molecule has 0 amide bonds. The number of ether oxygens (including phenoxy) is 3. The quantitative estimate of drug-likeness (QED) is 0.366. The second-order valence-electron chi connectivity index (χ2n) is 4.44. The molecule has 0 bridgehead atoms. The van der Waals surface area contributed by atoms with Gasteiger partial charge in [0.15, 0.2) is 11.6 Å². The van der Waals surface area contributed by atoms with E-state index in [4.69, 9.17) is 14.2 Å². The van der Waals surface area contributed by atoms with Crippen LogP contribution < -0.4 is 9.47 Å². The van der Waals surface area contributed by atoms with Crippen molar-refractivity contribution in [1.29, 1.82) is 0 Å². The van der Waals surface area contributed by atoms with Gasteiger partial charge in [-0.3, -0.25) is 14.9 Å². The van der Waals surface area contributed by atoms with Crippen molar-refractivity contribution in [2.45, 2.75) is 13.8 Å². The Hall–Kier alpha value is -2.90. The SMILES string of the molecule is COc1c(OC(C)=O)ccc(C=C2COC(C)=N2)c1[N+](=O)[O-]. The Bertz CT molecular complexity index is 693. The predicted octanol–water partition coefficient (Wildman–Crippen LogP) is 2.32. The number of methoxy groups -OCH3 is 1. The smallest absolute Gasteiger partial charge is 0.322 e. The van der Waals surface area contributed by atoms with Gasteiger partial charge in [-0.2, -0.15) is 0 Å². The molecule has 0 atom stereocenters. The molecule has 1 heterocycles. The Morgan fingerprint density at radius 2 is 2.23 bits per heavy atom. The summed E-state index contributed by atoms with van der Waals surface area (Å²) in [5.41, 5.74) is 0.547. The molecule has 8 heteroatoms. The number of hydrogen-bond donors (Lipinski definition) is 0. The number of esters is 1. The van der Waals surface area contributed by atoms with Crippen LogP contribution in [0.1, 0.15) is 19.4 Å². The lowest BCUT2D eigenvalue weighted by molar-refractivity contribution is -0.386. The molecule has 8 nitrogen and oxygen atoms in total. The van der Waals surface area contributed by atoms with Gasteiger partial charge in [0.1, 0.15) is 6.61 Å². The van der Waals surface area contributed by atoms with Crippen molar-refractivity contribution in [3.05, 3.63) is 33.5 Å². The van der Waals surface area contributed by atoms with Crippen LogP contribution in [-0.2, 0) is 9.53 Å². The Balaban J connectivity index is 2.55. The van der Waals surface area contributed by atoms with Crippen molar-refractivity contribution in [3.8, 4) is 11.5 Å². The number of nitro benzene ring substituents is 1. The molecule has 0 unspecified atom stereocenters. The number of carbonyl (C=O) groups is 1. The first-order valence-electron chi connectivity index (χ1n) is 6.35. The second-order valence-corrected chi connectivity index (χ2v) is 4.44. The van der Waals surface area contributed by atoms with Crippen molar-refractivity contribution in [3.63, 3.8) is 0 Å². The molecular formula is C14H14N2O6. The van der Waals surface area contributed by atoms with Crippen LogP contribution in [0.4, 0.5) is 5.69 Å². The largest absolute Gasteiger partial charge is 0.488 e. The standard InChI is InChI=1S/C14H14N2O6/c1-8-15-11(7-21-8)6-10-4-5-12(22-9(2)17)14(20-3)13(10)16(18)19/h4-6H,7H2,1-3H3. The third kappa shape index (κ3) is 3.22. The van der Waals surface area contributed by atoms with E-state index in [0.717, 1.165) is 0 Å². The fourth-order valence-corrected chi connectivity index (χ4v) is 2.00. The van der Waals surface area contributed by atoms with Crippen LogP contribution in [-0.4, -0.2) is 30.5 Å². The van der Waals surface area contributed by atoms with Gasteiger partial charge in [-0.25, -0.2) is 4.99 Å². The van der Waals surface area contributed by atoms with Gasteiger partial charge in [0.05, 0.1) is 23.3 Å². The monoisotopic (exact) mass is 306 g/mol. The Kier molecular flexibility index (Phi) is 4.40. The molecule has 1 aromatic rings. The first-order valence-corrected chi connectivity index (χ1v) is 6.35. The number of carbonyl (C=O) groups excluding carboxylic acids is 1. The van der Waals surface area contributed by atoms with E-state index >= 15 is 0 Å². The van der Waals surface area contributed by atoms with E-state index in [9.17, 15) is 14.9 Å². The minimum atomic E-state index is -0.594. The van der Waals surface area contributed by atoms with Crippen LogP contribution >= 0.6 is 0 Å². The van der Waals surface area contributed by atoms with Crippen LogP contribution in [0.2, 0.25) is 0 Å². The van der Waals surface area contributed by atoms with Crippen molar-refractivity contribution in [2.75, 3.05) is 13.7 Å². The summed E-state index contributed by atoms with van der Waals surface area (Å²) in [5, 5.41) is 11.4. The molecule has 0 radical (unpaired) electrons. The third-order valence-electron chi connectivity index (χ3n) is 2.82. The van der Waals surface area contributed by atoms with Crippen molar-refractivity contribution >= 4 is 23.6 Å². The fraction of sp³-hybridized carbons (Fsp3) is 0.286. The Labute approximate surface area is 126 Å². The molecule has 0 N–H and O–H groups in total. The molecule has 116 valence electrons. The van der Waals surface area contributed by atoms with E-state index < -0.39 is 10.9 Å². The van der Waals surface area contributed by atoms with Crippen molar-refractivity contribution < 1.29 is 23.9 Å². The molecule has 0 spiro atoms. The summed E-state index contributed by atoms with van der Waals surface area (Å²) in [7, 11) is 1.27. The molecular weight excluding hydrogens is 292 g/mol. The molecule has 0 fully saturated rings. The number of aliphatic imine (C=N–C) groups is 1. The molecule has 1 aliphatic heterocycles. The number of hydrogen-bond acceptors (Lipinski definition) is 7. The van der Waals surface area contributed by atoms with E-state index in [1.807, 2.05) is 0 Å². The lowest BCUT2D eigenvalue weighted by Crippen LogP contribution is -2.05. The lowest BCUT2D eigenvalue weighted by atomic mass is 10.1. The normalized spacial score (nSPS) is 15.2. The first-order chi connectivity index (χ1) is 10.4. The summed E-state index contributed by atoms with van der Waals surface area (Å²) in [6, 6.07) is 2.90. The molecule has 1 aliphatic rings. The van der Waals surface area contributed by atoms with Crippen LogP contribution in [0.5, 0.6) is 11.5 Å². The average molecular weight is 306 g/mol.